The zero-order valence-electron chi connectivity index (χ0n) is 18.4. The van der Waals surface area contributed by atoms with E-state index in [2.05, 4.69) is 49.9 Å². The van der Waals surface area contributed by atoms with Crippen molar-refractivity contribution in [3.05, 3.63) is 71.3 Å². The molecule has 2 aliphatic carbocycles. The van der Waals surface area contributed by atoms with Gasteiger partial charge in [-0.2, -0.15) is 0 Å². The van der Waals surface area contributed by atoms with Crippen LogP contribution in [0.4, 0.5) is 0 Å². The monoisotopic (exact) mass is 420 g/mol. The molecule has 1 heterocycles. The van der Waals surface area contributed by atoms with Gasteiger partial charge in [0.2, 0.25) is 11.8 Å². The third-order valence-electron chi connectivity index (χ3n) is 7.55. The highest BCUT2D eigenvalue weighted by Crippen LogP contribution is 2.56. The summed E-state index contributed by atoms with van der Waals surface area (Å²) < 4.78 is 0. The van der Waals surface area contributed by atoms with E-state index in [0.717, 1.165) is 31.3 Å². The summed E-state index contributed by atoms with van der Waals surface area (Å²) in [6, 6.07) is 9.50. The molecule has 5 atom stereocenters. The van der Waals surface area contributed by atoms with Crippen LogP contribution >= 0.6 is 0 Å². The molecule has 1 aromatic carbocycles. The standard InChI is InChI=1S/C26H32N2O3/c1-16-20(14-19-8-5-4-6-9-19)11-12-21(16)17(2)22-10-7-13-26(22)15-28(25(26)31)23(18(3)29)24(27)30/h4-6,8-9,11-12,18,20,22-23,29H,2,7,10,13-15H2,1,3H3,(H2,27,30)/t18-,20?,22?,23+,26?/m1/s1. The molecular weight excluding hydrogens is 388 g/mol. The van der Waals surface area contributed by atoms with Crippen LogP contribution in [-0.4, -0.2) is 40.5 Å². The van der Waals surface area contributed by atoms with Crippen LogP contribution in [0.25, 0.3) is 0 Å². The number of β-lactam (4-membered cyclic amide) rings is 1. The topological polar surface area (TPSA) is 83.6 Å². The first kappa shape index (κ1) is 21.6. The molecule has 0 bridgehead atoms. The number of benzene rings is 1. The van der Waals surface area contributed by atoms with E-state index >= 15 is 0 Å². The van der Waals surface area contributed by atoms with Gasteiger partial charge in [0.15, 0.2) is 0 Å². The highest BCUT2D eigenvalue weighted by atomic mass is 16.3. The van der Waals surface area contributed by atoms with Gasteiger partial charge in [0, 0.05) is 18.4 Å². The van der Waals surface area contributed by atoms with Gasteiger partial charge in [-0.3, -0.25) is 9.59 Å². The number of hydrogen-bond acceptors (Lipinski definition) is 3. The number of nitrogens with two attached hydrogens (primary N) is 1. The van der Waals surface area contributed by atoms with E-state index < -0.39 is 23.5 Å². The van der Waals surface area contributed by atoms with Crippen molar-refractivity contribution in [1.82, 2.24) is 4.90 Å². The second-order valence-electron chi connectivity index (χ2n) is 9.40. The molecule has 5 heteroatoms. The average Bonchev–Trinajstić information content (AvgIpc) is 3.33. The Morgan fingerprint density at radius 2 is 2.06 bits per heavy atom. The second-order valence-corrected chi connectivity index (χ2v) is 9.40. The second kappa shape index (κ2) is 8.12. The SMILES string of the molecule is C=C(C1=C(C)C(Cc2ccccc2)C=C1)C1CCCC12CN([C@H](C(N)=O)[C@@H](C)O)C2=O. The predicted molar refractivity (Wildman–Crippen MR) is 121 cm³/mol. The van der Waals surface area contributed by atoms with Gasteiger partial charge in [-0.05, 0) is 49.8 Å². The van der Waals surface area contributed by atoms with Gasteiger partial charge in [-0.1, -0.05) is 61.1 Å². The van der Waals surface area contributed by atoms with Gasteiger partial charge in [0.1, 0.15) is 6.04 Å². The maximum absolute atomic E-state index is 13.3. The summed E-state index contributed by atoms with van der Waals surface area (Å²) in [5.41, 5.74) is 9.75. The number of primary amides is 1. The van der Waals surface area contributed by atoms with Crippen LogP contribution in [-0.2, 0) is 16.0 Å². The molecule has 0 aromatic heterocycles. The highest BCUT2D eigenvalue weighted by Gasteiger charge is 2.61. The fourth-order valence-electron chi connectivity index (χ4n) is 5.86. The minimum Gasteiger partial charge on any atom is -0.391 e. The number of carbonyl (C=O) groups excluding carboxylic acids is 2. The van der Waals surface area contributed by atoms with E-state index in [1.807, 2.05) is 6.07 Å². The van der Waals surface area contributed by atoms with Crippen molar-refractivity contribution in [1.29, 1.82) is 0 Å². The molecule has 1 saturated carbocycles. The quantitative estimate of drug-likeness (QED) is 0.665. The third-order valence-corrected chi connectivity index (χ3v) is 7.55. The highest BCUT2D eigenvalue weighted by molar-refractivity contribution is 5.95. The summed E-state index contributed by atoms with van der Waals surface area (Å²) in [6.07, 6.45) is 7.06. The minimum absolute atomic E-state index is 0.0591. The first-order valence-electron chi connectivity index (χ1n) is 11.2. The van der Waals surface area contributed by atoms with E-state index in [-0.39, 0.29) is 11.8 Å². The Balaban J connectivity index is 1.52. The molecule has 3 aliphatic rings. The van der Waals surface area contributed by atoms with Crippen LogP contribution in [0.1, 0.15) is 38.7 Å². The van der Waals surface area contributed by atoms with Crippen LogP contribution in [0.5, 0.6) is 0 Å². The maximum atomic E-state index is 13.3. The summed E-state index contributed by atoms with van der Waals surface area (Å²) in [6.45, 7) is 8.57. The van der Waals surface area contributed by atoms with Crippen LogP contribution in [0.15, 0.2) is 65.8 Å². The van der Waals surface area contributed by atoms with Crippen molar-refractivity contribution in [2.24, 2.45) is 23.0 Å². The number of allylic oxidation sites excluding steroid dienone is 5. The van der Waals surface area contributed by atoms with Crippen molar-refractivity contribution < 1.29 is 14.7 Å². The van der Waals surface area contributed by atoms with E-state index in [1.54, 1.807) is 0 Å². The maximum Gasteiger partial charge on any atom is 0.242 e. The smallest absolute Gasteiger partial charge is 0.242 e. The lowest BCUT2D eigenvalue weighted by molar-refractivity contribution is -0.174. The Morgan fingerprint density at radius 3 is 2.68 bits per heavy atom. The summed E-state index contributed by atoms with van der Waals surface area (Å²) in [5.74, 6) is -0.326. The predicted octanol–water partition coefficient (Wildman–Crippen LogP) is 3.15. The summed E-state index contributed by atoms with van der Waals surface area (Å²) in [7, 11) is 0. The molecule has 2 amide bonds. The number of carbonyl (C=O) groups is 2. The number of nitrogens with zero attached hydrogens (tertiary/aromatic N) is 1. The molecule has 2 fully saturated rings. The average molecular weight is 421 g/mol. The molecule has 0 radical (unpaired) electrons. The minimum atomic E-state index is -0.983. The van der Waals surface area contributed by atoms with Gasteiger partial charge in [0.05, 0.1) is 11.5 Å². The van der Waals surface area contributed by atoms with Gasteiger partial charge in [-0.15, -0.1) is 0 Å². The molecule has 31 heavy (non-hydrogen) atoms. The molecular formula is C26H32N2O3. The molecule has 1 spiro atoms. The molecule has 3 unspecified atom stereocenters. The summed E-state index contributed by atoms with van der Waals surface area (Å²) >= 11 is 0. The van der Waals surface area contributed by atoms with Crippen molar-refractivity contribution in [2.45, 2.75) is 51.7 Å². The Kier molecular flexibility index (Phi) is 5.65. The lowest BCUT2D eigenvalue weighted by Gasteiger charge is -2.53. The van der Waals surface area contributed by atoms with Gasteiger partial charge >= 0.3 is 0 Å². The molecule has 4 rings (SSSR count). The lowest BCUT2D eigenvalue weighted by atomic mass is 9.66. The molecule has 1 aromatic rings. The molecule has 3 N–H and O–H groups in total. The largest absolute Gasteiger partial charge is 0.391 e. The zero-order valence-corrected chi connectivity index (χ0v) is 18.4. The van der Waals surface area contributed by atoms with Crippen molar-refractivity contribution in [3.8, 4) is 0 Å². The van der Waals surface area contributed by atoms with Crippen LogP contribution in [0, 0.1) is 17.3 Å². The summed E-state index contributed by atoms with van der Waals surface area (Å²) in [5, 5.41) is 9.97. The van der Waals surface area contributed by atoms with E-state index in [4.69, 9.17) is 5.73 Å². The summed E-state index contributed by atoms with van der Waals surface area (Å²) in [4.78, 5) is 26.6. The lowest BCUT2D eigenvalue weighted by Crippen LogP contribution is -2.70. The fraction of sp³-hybridized carbons (Fsp3) is 0.462. The first-order chi connectivity index (χ1) is 14.8. The number of aliphatic hydroxyl groups is 1. The van der Waals surface area contributed by atoms with Crippen molar-refractivity contribution in [3.63, 3.8) is 0 Å². The molecule has 164 valence electrons. The van der Waals surface area contributed by atoms with E-state index in [0.29, 0.717) is 12.5 Å². The zero-order chi connectivity index (χ0) is 22.3. The fourth-order valence-corrected chi connectivity index (χ4v) is 5.86. The Labute approximate surface area is 184 Å². The number of amides is 2. The molecule has 1 aliphatic heterocycles. The number of likely N-dealkylation sites (tertiary alicyclic amines) is 1. The van der Waals surface area contributed by atoms with Gasteiger partial charge in [-0.25, -0.2) is 0 Å². The van der Waals surface area contributed by atoms with Crippen LogP contribution < -0.4 is 5.73 Å². The third kappa shape index (κ3) is 3.55. The number of rotatable bonds is 7. The number of aliphatic hydroxyl groups excluding tert-OH is 1. The number of hydrogen-bond donors (Lipinski definition) is 2. The van der Waals surface area contributed by atoms with Gasteiger partial charge in [0.25, 0.3) is 0 Å². The molecule has 5 nitrogen and oxygen atoms in total. The van der Waals surface area contributed by atoms with Crippen LogP contribution in [0.3, 0.4) is 0 Å². The Hall–Kier alpha value is -2.66. The van der Waals surface area contributed by atoms with Crippen LogP contribution in [0.2, 0.25) is 0 Å². The Morgan fingerprint density at radius 1 is 1.35 bits per heavy atom. The van der Waals surface area contributed by atoms with E-state index in [1.165, 1.54) is 28.5 Å². The van der Waals surface area contributed by atoms with Crippen molar-refractivity contribution in [2.75, 3.05) is 6.54 Å². The first-order valence-corrected chi connectivity index (χ1v) is 11.2. The Bertz CT molecular complexity index is 962. The molecule has 1 saturated heterocycles. The van der Waals surface area contributed by atoms with Gasteiger partial charge < -0.3 is 15.7 Å². The van der Waals surface area contributed by atoms with Crippen molar-refractivity contribution >= 4 is 11.8 Å². The normalized spacial score (nSPS) is 29.4. The van der Waals surface area contributed by atoms with E-state index in [9.17, 15) is 14.7 Å².